The van der Waals surface area contributed by atoms with Crippen LogP contribution in [-0.4, -0.2) is 51.8 Å². The second-order valence-electron chi connectivity index (χ2n) is 6.90. The van der Waals surface area contributed by atoms with Crippen LogP contribution in [0.5, 0.6) is 23.0 Å². The van der Waals surface area contributed by atoms with Gasteiger partial charge in [0.05, 0.1) is 26.7 Å². The molecule has 0 saturated heterocycles. The third-order valence-electron chi connectivity index (χ3n) is 5.13. The van der Waals surface area contributed by atoms with Crippen molar-refractivity contribution in [3.8, 4) is 34.3 Å². The summed E-state index contributed by atoms with van der Waals surface area (Å²) in [5.74, 6) is 2.01. The highest BCUT2D eigenvalue weighted by Gasteiger charge is 2.17. The molecule has 3 rings (SSSR count). The van der Waals surface area contributed by atoms with Gasteiger partial charge in [-0.05, 0) is 44.2 Å². The van der Waals surface area contributed by atoms with Crippen molar-refractivity contribution in [2.45, 2.75) is 13.8 Å². The van der Waals surface area contributed by atoms with Crippen LogP contribution in [0.1, 0.15) is 13.8 Å². The highest BCUT2D eigenvalue weighted by Crippen LogP contribution is 2.41. The van der Waals surface area contributed by atoms with E-state index in [2.05, 4.69) is 0 Å². The first-order valence-corrected chi connectivity index (χ1v) is 10.2. The van der Waals surface area contributed by atoms with E-state index in [-0.39, 0.29) is 17.9 Å². The monoisotopic (exact) mass is 441 g/mol. The van der Waals surface area contributed by atoms with E-state index in [0.717, 1.165) is 0 Å². The van der Waals surface area contributed by atoms with E-state index in [1.165, 1.54) is 27.4 Å². The number of carbonyl (C=O) groups excluding carboxylic acids is 1. The van der Waals surface area contributed by atoms with Gasteiger partial charge in [0.25, 0.3) is 5.91 Å². The van der Waals surface area contributed by atoms with Crippen molar-refractivity contribution in [2.75, 3.05) is 41.0 Å². The van der Waals surface area contributed by atoms with Crippen LogP contribution in [0.2, 0.25) is 0 Å². The minimum atomic E-state index is -0.240. The molecule has 0 aliphatic heterocycles. The summed E-state index contributed by atoms with van der Waals surface area (Å²) in [7, 11) is 4.56. The summed E-state index contributed by atoms with van der Waals surface area (Å²) >= 11 is 0. The van der Waals surface area contributed by atoms with Crippen LogP contribution < -0.4 is 24.4 Å². The van der Waals surface area contributed by atoms with Crippen LogP contribution in [0.15, 0.2) is 45.6 Å². The van der Waals surface area contributed by atoms with Gasteiger partial charge in [-0.25, -0.2) is 0 Å². The summed E-state index contributed by atoms with van der Waals surface area (Å²) in [5.41, 5.74) is 0.753. The number of ether oxygens (including phenoxy) is 4. The minimum absolute atomic E-state index is 0.0952. The van der Waals surface area contributed by atoms with Gasteiger partial charge in [-0.2, -0.15) is 0 Å². The van der Waals surface area contributed by atoms with E-state index < -0.39 is 0 Å². The number of hydrogen-bond acceptors (Lipinski definition) is 7. The van der Waals surface area contributed by atoms with Gasteiger partial charge < -0.3 is 28.3 Å². The molecule has 8 heteroatoms. The number of hydrogen-bond donors (Lipinski definition) is 0. The standard InChI is InChI=1S/C24H27NO7/c1-6-25(7-2)23(27)14-31-16-8-9-19-17(12-16)18(26)13-20(32-19)15-10-21(28-3)24(30-5)22(11-15)29-4/h8-13H,6-7,14H2,1-5H3. The van der Waals surface area contributed by atoms with E-state index in [1.807, 2.05) is 13.8 Å². The van der Waals surface area contributed by atoms with Gasteiger partial charge in [0, 0.05) is 24.7 Å². The molecule has 0 N–H and O–H groups in total. The molecule has 1 amide bonds. The first-order chi connectivity index (χ1) is 15.4. The summed E-state index contributed by atoms with van der Waals surface area (Å²) in [6, 6.07) is 9.71. The fourth-order valence-corrected chi connectivity index (χ4v) is 3.40. The molecule has 170 valence electrons. The fourth-order valence-electron chi connectivity index (χ4n) is 3.40. The zero-order chi connectivity index (χ0) is 23.3. The van der Waals surface area contributed by atoms with Crippen LogP contribution in [0.3, 0.4) is 0 Å². The van der Waals surface area contributed by atoms with Gasteiger partial charge >= 0.3 is 0 Å². The lowest BCUT2D eigenvalue weighted by Gasteiger charge is -2.18. The van der Waals surface area contributed by atoms with Crippen LogP contribution in [0.25, 0.3) is 22.3 Å². The van der Waals surface area contributed by atoms with Gasteiger partial charge in [-0.3, -0.25) is 9.59 Å². The summed E-state index contributed by atoms with van der Waals surface area (Å²) in [5, 5.41) is 0.356. The predicted octanol–water partition coefficient (Wildman–Crippen LogP) is 3.73. The van der Waals surface area contributed by atoms with Crippen molar-refractivity contribution < 1.29 is 28.2 Å². The number of carbonyl (C=O) groups is 1. The Balaban J connectivity index is 1.94. The third-order valence-corrected chi connectivity index (χ3v) is 5.13. The van der Waals surface area contributed by atoms with Crippen molar-refractivity contribution >= 4 is 16.9 Å². The molecule has 0 saturated carbocycles. The van der Waals surface area contributed by atoms with Crippen LogP contribution >= 0.6 is 0 Å². The second kappa shape index (κ2) is 10.1. The number of likely N-dealkylation sites (N-methyl/N-ethyl adjacent to an activating group) is 1. The quantitative estimate of drug-likeness (QED) is 0.500. The molecule has 0 atom stereocenters. The molecule has 0 spiro atoms. The van der Waals surface area contributed by atoms with Crippen molar-refractivity contribution in [1.82, 2.24) is 4.90 Å². The molecule has 1 heterocycles. The molecule has 0 fully saturated rings. The summed E-state index contributed by atoms with van der Waals surface area (Å²) in [6.07, 6.45) is 0. The normalized spacial score (nSPS) is 10.7. The minimum Gasteiger partial charge on any atom is -0.493 e. The van der Waals surface area contributed by atoms with Gasteiger partial charge in [0.15, 0.2) is 23.5 Å². The van der Waals surface area contributed by atoms with Crippen molar-refractivity contribution in [3.63, 3.8) is 0 Å². The number of benzene rings is 2. The molecule has 0 aliphatic carbocycles. The Labute approximate surface area is 186 Å². The van der Waals surface area contributed by atoms with Gasteiger partial charge in [0.2, 0.25) is 5.75 Å². The largest absolute Gasteiger partial charge is 0.493 e. The zero-order valence-electron chi connectivity index (χ0n) is 18.9. The summed E-state index contributed by atoms with van der Waals surface area (Å²) in [4.78, 5) is 26.7. The van der Waals surface area contributed by atoms with E-state index in [9.17, 15) is 9.59 Å². The lowest BCUT2D eigenvalue weighted by Crippen LogP contribution is -2.34. The second-order valence-corrected chi connectivity index (χ2v) is 6.90. The Bertz CT molecular complexity index is 1140. The molecule has 1 aromatic heterocycles. The molecule has 8 nitrogen and oxygen atoms in total. The SMILES string of the molecule is CCN(CC)C(=O)COc1ccc2oc(-c3cc(OC)c(OC)c(OC)c3)cc(=O)c2c1. The fraction of sp³-hybridized carbons (Fsp3) is 0.333. The van der Waals surface area contributed by atoms with Crippen LogP contribution in [0.4, 0.5) is 0 Å². The molecular formula is C24H27NO7. The number of amides is 1. The topological polar surface area (TPSA) is 87.4 Å². The van der Waals surface area contributed by atoms with E-state index in [4.69, 9.17) is 23.4 Å². The highest BCUT2D eigenvalue weighted by molar-refractivity contribution is 5.81. The number of methoxy groups -OCH3 is 3. The molecule has 0 radical (unpaired) electrons. The molecule has 0 aliphatic rings. The van der Waals surface area contributed by atoms with Gasteiger partial charge in [0.1, 0.15) is 17.1 Å². The Morgan fingerprint density at radius 1 is 0.938 bits per heavy atom. The summed E-state index contributed by atoms with van der Waals surface area (Å²) < 4.78 is 27.7. The first-order valence-electron chi connectivity index (χ1n) is 10.2. The Kier molecular flexibility index (Phi) is 7.25. The van der Waals surface area contributed by atoms with Gasteiger partial charge in [-0.1, -0.05) is 0 Å². The maximum Gasteiger partial charge on any atom is 0.260 e. The molecular weight excluding hydrogens is 414 g/mol. The molecule has 32 heavy (non-hydrogen) atoms. The van der Waals surface area contributed by atoms with Crippen molar-refractivity contribution in [3.05, 3.63) is 46.6 Å². The van der Waals surface area contributed by atoms with E-state index >= 15 is 0 Å². The number of nitrogens with zero attached hydrogens (tertiary/aromatic N) is 1. The van der Waals surface area contributed by atoms with Crippen LogP contribution in [0, 0.1) is 0 Å². The maximum atomic E-state index is 12.8. The number of rotatable bonds is 9. The maximum absolute atomic E-state index is 12.8. The van der Waals surface area contributed by atoms with Gasteiger partial charge in [-0.15, -0.1) is 0 Å². The lowest BCUT2D eigenvalue weighted by molar-refractivity contribution is -0.132. The molecule has 2 aromatic carbocycles. The van der Waals surface area contributed by atoms with E-state index in [0.29, 0.717) is 58.4 Å². The van der Waals surface area contributed by atoms with Crippen LogP contribution in [-0.2, 0) is 4.79 Å². The smallest absolute Gasteiger partial charge is 0.260 e. The molecule has 0 unspecified atom stereocenters. The van der Waals surface area contributed by atoms with E-state index in [1.54, 1.807) is 35.2 Å². The highest BCUT2D eigenvalue weighted by atomic mass is 16.5. The third kappa shape index (κ3) is 4.64. The lowest BCUT2D eigenvalue weighted by atomic mass is 10.1. The average Bonchev–Trinajstić information content (AvgIpc) is 2.82. The average molecular weight is 441 g/mol. The number of fused-ring (bicyclic) bond motifs is 1. The van der Waals surface area contributed by atoms with Crippen molar-refractivity contribution in [1.29, 1.82) is 0 Å². The zero-order valence-corrected chi connectivity index (χ0v) is 18.9. The molecule has 3 aromatic rings. The van der Waals surface area contributed by atoms with Crippen molar-refractivity contribution in [2.24, 2.45) is 0 Å². The first kappa shape index (κ1) is 23.0. The Morgan fingerprint density at radius 2 is 1.59 bits per heavy atom. The summed E-state index contributed by atoms with van der Waals surface area (Å²) in [6.45, 7) is 4.96. The Morgan fingerprint density at radius 3 is 2.16 bits per heavy atom. The Hall–Kier alpha value is -3.68. The molecule has 0 bridgehead atoms. The predicted molar refractivity (Wildman–Crippen MR) is 121 cm³/mol.